The van der Waals surface area contributed by atoms with Crippen LogP contribution in [0.5, 0.6) is 0 Å². The first-order chi connectivity index (χ1) is 9.20. The van der Waals surface area contributed by atoms with Crippen LogP contribution < -0.4 is 5.73 Å². The highest BCUT2D eigenvalue weighted by Gasteiger charge is 2.32. The first-order valence-electron chi connectivity index (χ1n) is 6.92. The molecule has 0 atom stereocenters. The molecule has 0 unspecified atom stereocenters. The Labute approximate surface area is 114 Å². The lowest BCUT2D eigenvalue weighted by molar-refractivity contribution is -0.137. The molecule has 1 amide bonds. The van der Waals surface area contributed by atoms with E-state index in [9.17, 15) is 4.79 Å². The van der Waals surface area contributed by atoms with Crippen molar-refractivity contribution in [1.29, 1.82) is 0 Å². The van der Waals surface area contributed by atoms with Gasteiger partial charge in [0.2, 0.25) is 5.91 Å². The molecule has 2 N–H and O–H groups in total. The summed E-state index contributed by atoms with van der Waals surface area (Å²) >= 11 is 0. The zero-order chi connectivity index (χ0) is 13.7. The van der Waals surface area contributed by atoms with Gasteiger partial charge in [-0.05, 0) is 37.0 Å². The average Bonchev–Trinajstić information content (AvgIpc) is 3.20. The molecular formula is C15H22N2O2. The van der Waals surface area contributed by atoms with E-state index in [-0.39, 0.29) is 12.5 Å². The molecule has 1 aromatic carbocycles. The van der Waals surface area contributed by atoms with Crippen LogP contribution in [0, 0.1) is 0 Å². The fourth-order valence-corrected chi connectivity index (χ4v) is 2.08. The maximum Gasteiger partial charge on any atom is 0.249 e. The van der Waals surface area contributed by atoms with Crippen LogP contribution in [-0.4, -0.2) is 30.1 Å². The zero-order valence-corrected chi connectivity index (χ0v) is 11.5. The van der Waals surface area contributed by atoms with Gasteiger partial charge >= 0.3 is 0 Å². The van der Waals surface area contributed by atoms with Gasteiger partial charge in [0.25, 0.3) is 0 Å². The molecule has 19 heavy (non-hydrogen) atoms. The summed E-state index contributed by atoms with van der Waals surface area (Å²) < 4.78 is 5.35. The number of carbonyl (C=O) groups is 1. The summed E-state index contributed by atoms with van der Waals surface area (Å²) in [5.74, 6) is 0.0818. The molecule has 0 aromatic heterocycles. The standard InChI is InChI=1S/C15H22N2O2/c1-2-8-19-11-15(18)17(14-6-7-14)10-12-4-3-5-13(16)9-12/h3-5,9,14H,2,6-8,10-11,16H2,1H3. The van der Waals surface area contributed by atoms with Gasteiger partial charge in [0, 0.05) is 24.9 Å². The predicted molar refractivity (Wildman–Crippen MR) is 75.5 cm³/mol. The highest BCUT2D eigenvalue weighted by Crippen LogP contribution is 2.28. The summed E-state index contributed by atoms with van der Waals surface area (Å²) in [6.07, 6.45) is 3.13. The molecule has 1 aromatic rings. The molecule has 1 aliphatic rings. The van der Waals surface area contributed by atoms with Crippen molar-refractivity contribution in [3.05, 3.63) is 29.8 Å². The lowest BCUT2D eigenvalue weighted by Gasteiger charge is -2.22. The van der Waals surface area contributed by atoms with E-state index in [2.05, 4.69) is 0 Å². The van der Waals surface area contributed by atoms with Crippen LogP contribution in [0.1, 0.15) is 31.7 Å². The van der Waals surface area contributed by atoms with Crippen molar-refractivity contribution in [3.63, 3.8) is 0 Å². The van der Waals surface area contributed by atoms with E-state index in [1.165, 1.54) is 0 Å². The zero-order valence-electron chi connectivity index (χ0n) is 11.5. The second-order valence-corrected chi connectivity index (χ2v) is 5.05. The Morgan fingerprint density at radius 3 is 2.89 bits per heavy atom. The monoisotopic (exact) mass is 262 g/mol. The van der Waals surface area contributed by atoms with Crippen LogP contribution in [0.15, 0.2) is 24.3 Å². The summed E-state index contributed by atoms with van der Waals surface area (Å²) in [5, 5.41) is 0. The molecule has 0 spiro atoms. The number of anilines is 1. The number of amides is 1. The minimum Gasteiger partial charge on any atom is -0.399 e. The number of carbonyl (C=O) groups excluding carboxylic acids is 1. The van der Waals surface area contributed by atoms with Crippen molar-refractivity contribution >= 4 is 11.6 Å². The van der Waals surface area contributed by atoms with Gasteiger partial charge in [-0.3, -0.25) is 4.79 Å². The maximum atomic E-state index is 12.2. The van der Waals surface area contributed by atoms with E-state index in [0.29, 0.717) is 19.2 Å². The maximum absolute atomic E-state index is 12.2. The number of ether oxygens (including phenoxy) is 1. The van der Waals surface area contributed by atoms with Crippen LogP contribution in [0.3, 0.4) is 0 Å². The SMILES string of the molecule is CCCOCC(=O)N(Cc1cccc(N)c1)C1CC1. The Hall–Kier alpha value is -1.55. The lowest BCUT2D eigenvalue weighted by Crippen LogP contribution is -2.35. The van der Waals surface area contributed by atoms with E-state index in [0.717, 1.165) is 30.5 Å². The minimum atomic E-state index is 0.0818. The first-order valence-corrected chi connectivity index (χ1v) is 6.92. The van der Waals surface area contributed by atoms with Crippen LogP contribution in [-0.2, 0) is 16.1 Å². The number of nitrogens with two attached hydrogens (primary N) is 1. The Bertz CT molecular complexity index is 430. The number of hydrogen-bond donors (Lipinski definition) is 1. The van der Waals surface area contributed by atoms with E-state index < -0.39 is 0 Å². The third-order valence-electron chi connectivity index (χ3n) is 3.19. The second-order valence-electron chi connectivity index (χ2n) is 5.05. The molecular weight excluding hydrogens is 240 g/mol. The summed E-state index contributed by atoms with van der Waals surface area (Å²) in [6, 6.07) is 8.10. The van der Waals surface area contributed by atoms with Gasteiger partial charge in [-0.25, -0.2) is 0 Å². The minimum absolute atomic E-state index is 0.0818. The van der Waals surface area contributed by atoms with E-state index in [1.54, 1.807) is 0 Å². The van der Waals surface area contributed by atoms with Crippen LogP contribution in [0.4, 0.5) is 5.69 Å². The van der Waals surface area contributed by atoms with Crippen LogP contribution >= 0.6 is 0 Å². The topological polar surface area (TPSA) is 55.6 Å². The molecule has 0 aliphatic heterocycles. The van der Waals surface area contributed by atoms with E-state index in [1.807, 2.05) is 36.1 Å². The third kappa shape index (κ3) is 4.24. The van der Waals surface area contributed by atoms with Gasteiger partial charge in [0.05, 0.1) is 0 Å². The van der Waals surface area contributed by atoms with Gasteiger partial charge in [-0.2, -0.15) is 0 Å². The molecule has 0 radical (unpaired) electrons. The smallest absolute Gasteiger partial charge is 0.249 e. The summed E-state index contributed by atoms with van der Waals surface area (Å²) in [6.45, 7) is 3.50. The number of nitrogen functional groups attached to an aromatic ring is 1. The molecule has 2 rings (SSSR count). The summed E-state index contributed by atoms with van der Waals surface area (Å²) in [7, 11) is 0. The van der Waals surface area contributed by atoms with Crippen molar-refractivity contribution in [2.75, 3.05) is 18.9 Å². The Kier molecular flexibility index (Phi) is 4.80. The molecule has 4 heteroatoms. The van der Waals surface area contributed by atoms with Gasteiger partial charge in [-0.1, -0.05) is 19.1 Å². The lowest BCUT2D eigenvalue weighted by atomic mass is 10.2. The number of rotatable bonds is 7. The number of nitrogens with zero attached hydrogens (tertiary/aromatic N) is 1. The summed E-state index contributed by atoms with van der Waals surface area (Å²) in [5.41, 5.74) is 7.59. The quantitative estimate of drug-likeness (QED) is 0.605. The fraction of sp³-hybridized carbons (Fsp3) is 0.533. The van der Waals surface area contributed by atoms with Gasteiger partial charge in [0.1, 0.15) is 6.61 Å². The van der Waals surface area contributed by atoms with E-state index >= 15 is 0 Å². The van der Waals surface area contributed by atoms with Gasteiger partial charge in [-0.15, -0.1) is 0 Å². The molecule has 1 fully saturated rings. The highest BCUT2D eigenvalue weighted by molar-refractivity contribution is 5.78. The summed E-state index contributed by atoms with van der Waals surface area (Å²) in [4.78, 5) is 14.1. The van der Waals surface area contributed by atoms with Crippen molar-refractivity contribution in [2.24, 2.45) is 0 Å². The van der Waals surface area contributed by atoms with Crippen molar-refractivity contribution in [3.8, 4) is 0 Å². The molecule has 1 aliphatic carbocycles. The van der Waals surface area contributed by atoms with Crippen molar-refractivity contribution in [1.82, 2.24) is 4.90 Å². The fourth-order valence-electron chi connectivity index (χ4n) is 2.08. The predicted octanol–water partition coefficient (Wildman–Crippen LogP) is 2.19. The Morgan fingerprint density at radius 1 is 1.47 bits per heavy atom. The largest absolute Gasteiger partial charge is 0.399 e. The average molecular weight is 262 g/mol. The van der Waals surface area contributed by atoms with Crippen LogP contribution in [0.25, 0.3) is 0 Å². The molecule has 1 saturated carbocycles. The molecule has 0 heterocycles. The Balaban J connectivity index is 1.94. The number of hydrogen-bond acceptors (Lipinski definition) is 3. The highest BCUT2D eigenvalue weighted by atomic mass is 16.5. The van der Waals surface area contributed by atoms with Crippen LogP contribution in [0.2, 0.25) is 0 Å². The second kappa shape index (κ2) is 6.57. The van der Waals surface area contributed by atoms with Gasteiger partial charge in [0.15, 0.2) is 0 Å². The normalized spacial score (nSPS) is 14.4. The Morgan fingerprint density at radius 2 is 2.26 bits per heavy atom. The molecule has 0 bridgehead atoms. The molecule has 4 nitrogen and oxygen atoms in total. The van der Waals surface area contributed by atoms with E-state index in [4.69, 9.17) is 10.5 Å². The van der Waals surface area contributed by atoms with Gasteiger partial charge < -0.3 is 15.4 Å². The third-order valence-corrected chi connectivity index (χ3v) is 3.19. The van der Waals surface area contributed by atoms with Crippen molar-refractivity contribution in [2.45, 2.75) is 38.8 Å². The molecule has 0 saturated heterocycles. The number of benzene rings is 1. The first kappa shape index (κ1) is 13.9. The van der Waals surface area contributed by atoms with Crippen molar-refractivity contribution < 1.29 is 9.53 Å². The molecule has 104 valence electrons.